The molecule has 1 aliphatic heterocycles. The molecule has 0 radical (unpaired) electrons. The number of hydrogen-bond donors (Lipinski definition) is 0. The van der Waals surface area contributed by atoms with Gasteiger partial charge in [0.2, 0.25) is 0 Å². The summed E-state index contributed by atoms with van der Waals surface area (Å²) >= 11 is 0. The Hall–Kier alpha value is -0.250. The first-order valence-corrected chi connectivity index (χ1v) is 4.97. The highest BCUT2D eigenvalue weighted by molar-refractivity contribution is 4.78. The third kappa shape index (κ3) is 3.48. The van der Waals surface area contributed by atoms with Crippen LogP contribution in [0.2, 0.25) is 0 Å². The highest BCUT2D eigenvalue weighted by atomic mass is 19.4. The lowest BCUT2D eigenvalue weighted by molar-refractivity contribution is -0.187. The van der Waals surface area contributed by atoms with Crippen molar-refractivity contribution in [3.63, 3.8) is 0 Å². The minimum absolute atomic E-state index is 0.119. The van der Waals surface area contributed by atoms with Crippen LogP contribution in [0.5, 0.6) is 0 Å². The molecule has 0 aromatic heterocycles. The summed E-state index contributed by atoms with van der Waals surface area (Å²) in [5.41, 5.74) is 0. The first kappa shape index (κ1) is 9.01. The number of rotatable bonds is 2. The van der Waals surface area contributed by atoms with E-state index in [0.717, 1.165) is 0 Å². The topological polar surface area (TPSA) is 3.24 Å². The molecule has 1 fully saturated rings. The van der Waals surface area contributed by atoms with Gasteiger partial charge in [-0.25, -0.2) is 0 Å². The molecule has 0 aliphatic carbocycles. The van der Waals surface area contributed by atoms with Crippen LogP contribution in [0.15, 0.2) is 0 Å². The number of halogens is 3. The van der Waals surface area contributed by atoms with E-state index in [0.29, 0.717) is 13.0 Å². The molecule has 0 saturated carbocycles. The number of likely N-dealkylation sites (tertiary alicyclic amines) is 1. The maximum Gasteiger partial charge on any atom is 0.393 e. The van der Waals surface area contributed by atoms with Crippen LogP contribution in [0.25, 0.3) is 0 Å². The van der Waals surface area contributed by atoms with E-state index in [1.54, 1.807) is 13.8 Å². The second-order valence-corrected chi connectivity index (χ2v) is 4.11. The van der Waals surface area contributed by atoms with Gasteiger partial charge in [0.05, 0.1) is 5.92 Å². The molecule has 0 N–H and O–H groups in total. The fourth-order valence-corrected chi connectivity index (χ4v) is 1.73. The van der Waals surface area contributed by atoms with Crippen molar-refractivity contribution in [3.05, 3.63) is 0 Å². The second kappa shape index (κ2) is 4.51. The van der Waals surface area contributed by atoms with Crippen molar-refractivity contribution in [1.82, 2.24) is 4.90 Å². The molecular formula is C10H18F3N. The van der Waals surface area contributed by atoms with E-state index >= 15 is 0 Å². The van der Waals surface area contributed by atoms with Crippen molar-refractivity contribution < 1.29 is 15.9 Å². The zero-order valence-electron chi connectivity index (χ0n) is 10.6. The Morgan fingerprint density at radius 3 is 2.64 bits per heavy atom. The Bertz CT molecular complexity index is 241. The molecule has 84 valence electrons. The Morgan fingerprint density at radius 2 is 2.14 bits per heavy atom. The average Bonchev–Trinajstić information content (AvgIpc) is 2.16. The predicted molar refractivity (Wildman–Crippen MR) is 50.1 cm³/mol. The van der Waals surface area contributed by atoms with Gasteiger partial charge in [-0.1, -0.05) is 13.8 Å². The van der Waals surface area contributed by atoms with E-state index in [1.165, 1.54) is 4.90 Å². The minimum atomic E-state index is -4.20. The van der Waals surface area contributed by atoms with Gasteiger partial charge in [0, 0.05) is 15.8 Å². The molecule has 1 heterocycles. The molecule has 0 aromatic rings. The summed E-state index contributed by atoms with van der Waals surface area (Å²) in [5, 5.41) is 0. The third-order valence-electron chi connectivity index (χ3n) is 2.33. The van der Waals surface area contributed by atoms with Crippen LogP contribution in [0, 0.1) is 11.8 Å². The van der Waals surface area contributed by atoms with E-state index in [4.69, 9.17) is 2.74 Å². The molecule has 4 heteroatoms. The molecule has 1 rings (SSSR count). The van der Waals surface area contributed by atoms with Crippen LogP contribution in [0.4, 0.5) is 13.2 Å². The van der Waals surface area contributed by atoms with Gasteiger partial charge in [-0.15, -0.1) is 0 Å². The summed E-state index contributed by atoms with van der Waals surface area (Å²) in [6.07, 6.45) is -3.67. The van der Waals surface area contributed by atoms with Crippen molar-refractivity contribution in [2.24, 2.45) is 11.8 Å². The van der Waals surface area contributed by atoms with E-state index in [1.807, 2.05) is 0 Å². The number of piperidine rings is 1. The molecule has 0 amide bonds. The lowest BCUT2D eigenvalue weighted by Gasteiger charge is -2.34. The first-order valence-electron chi connectivity index (χ1n) is 5.97. The van der Waals surface area contributed by atoms with Gasteiger partial charge >= 0.3 is 6.18 Å². The summed E-state index contributed by atoms with van der Waals surface area (Å²) in [6, 6.07) is 0. The van der Waals surface area contributed by atoms with Gasteiger partial charge in [0.1, 0.15) is 0 Å². The maximum absolute atomic E-state index is 12.6. The summed E-state index contributed by atoms with van der Waals surface area (Å²) in [5.74, 6) is -1.69. The van der Waals surface area contributed by atoms with Gasteiger partial charge in [-0.2, -0.15) is 13.2 Å². The lowest BCUT2D eigenvalue weighted by atomic mass is 9.97. The quantitative estimate of drug-likeness (QED) is 0.678. The molecule has 1 atom stereocenters. The largest absolute Gasteiger partial charge is 0.393 e. The second-order valence-electron chi connectivity index (χ2n) is 4.11. The highest BCUT2D eigenvalue weighted by Crippen LogP contribution is 2.33. The summed E-state index contributed by atoms with van der Waals surface area (Å²) in [4.78, 5) is 1.33. The standard InChI is InChI=1S/C10H18F3N/c1-8(2)6-14-5-3-4-9(7-14)10(11,12)13/h8-9H,3-7H2,1-2H3/t9-/m0/s1/i6D2. The van der Waals surface area contributed by atoms with Crippen LogP contribution >= 0.6 is 0 Å². The van der Waals surface area contributed by atoms with Crippen molar-refractivity contribution in [3.8, 4) is 0 Å². The van der Waals surface area contributed by atoms with Gasteiger partial charge in [0.15, 0.2) is 0 Å². The van der Waals surface area contributed by atoms with Crippen LogP contribution in [-0.4, -0.2) is 30.7 Å². The van der Waals surface area contributed by atoms with E-state index in [-0.39, 0.29) is 18.9 Å². The molecule has 1 nitrogen and oxygen atoms in total. The number of alkyl halides is 3. The van der Waals surface area contributed by atoms with Crippen molar-refractivity contribution >= 4 is 0 Å². The fourth-order valence-electron chi connectivity index (χ4n) is 1.73. The normalized spacial score (nSPS) is 28.9. The Morgan fingerprint density at radius 1 is 1.50 bits per heavy atom. The molecule has 0 spiro atoms. The van der Waals surface area contributed by atoms with Crippen molar-refractivity contribution in [2.75, 3.05) is 19.6 Å². The highest BCUT2D eigenvalue weighted by Gasteiger charge is 2.41. The Balaban J connectivity index is 2.71. The molecule has 0 bridgehead atoms. The van der Waals surface area contributed by atoms with E-state index in [2.05, 4.69) is 0 Å². The van der Waals surface area contributed by atoms with Crippen molar-refractivity contribution in [2.45, 2.75) is 32.9 Å². The Kier molecular flexibility index (Phi) is 2.90. The van der Waals surface area contributed by atoms with Crippen LogP contribution in [0.1, 0.15) is 29.4 Å². The SMILES string of the molecule is [2H]C([2H])(C(C)C)N1CCC[C@H](C(F)(F)F)C1. The smallest absolute Gasteiger partial charge is 0.302 e. The molecule has 0 unspecified atom stereocenters. The van der Waals surface area contributed by atoms with Gasteiger partial charge in [-0.05, 0) is 25.3 Å². The van der Waals surface area contributed by atoms with Gasteiger partial charge in [0.25, 0.3) is 0 Å². The summed E-state index contributed by atoms with van der Waals surface area (Å²) in [7, 11) is 0. The third-order valence-corrected chi connectivity index (χ3v) is 2.33. The zero-order valence-corrected chi connectivity index (χ0v) is 8.56. The minimum Gasteiger partial charge on any atom is -0.302 e. The molecule has 1 saturated heterocycles. The summed E-state index contributed by atoms with van der Waals surface area (Å²) in [6.45, 7) is 1.94. The molecule has 14 heavy (non-hydrogen) atoms. The van der Waals surface area contributed by atoms with Crippen molar-refractivity contribution in [1.29, 1.82) is 0 Å². The van der Waals surface area contributed by atoms with Gasteiger partial charge in [-0.3, -0.25) is 0 Å². The number of hydrogen-bond acceptors (Lipinski definition) is 1. The first-order chi connectivity index (χ1) is 7.15. The van der Waals surface area contributed by atoms with E-state index < -0.39 is 18.6 Å². The zero-order chi connectivity index (χ0) is 12.6. The number of nitrogens with zero attached hydrogens (tertiary/aromatic N) is 1. The maximum atomic E-state index is 12.6. The predicted octanol–water partition coefficient (Wildman–Crippen LogP) is 2.92. The van der Waals surface area contributed by atoms with Crippen LogP contribution in [0.3, 0.4) is 0 Å². The van der Waals surface area contributed by atoms with Gasteiger partial charge < -0.3 is 4.90 Å². The van der Waals surface area contributed by atoms with Crippen LogP contribution in [-0.2, 0) is 0 Å². The Labute approximate surface area is 86.1 Å². The molecule has 1 aliphatic rings. The fraction of sp³-hybridized carbons (Fsp3) is 1.00. The molecule has 0 aromatic carbocycles. The lowest BCUT2D eigenvalue weighted by Crippen LogP contribution is -2.42. The van der Waals surface area contributed by atoms with E-state index in [9.17, 15) is 13.2 Å². The average molecular weight is 211 g/mol. The molecular weight excluding hydrogens is 191 g/mol. The van der Waals surface area contributed by atoms with Crippen LogP contribution < -0.4 is 0 Å². The monoisotopic (exact) mass is 211 g/mol. The summed E-state index contributed by atoms with van der Waals surface area (Å²) < 4.78 is 53.3.